The van der Waals surface area contributed by atoms with Gasteiger partial charge in [0.1, 0.15) is 18.4 Å². The zero-order valence-corrected chi connectivity index (χ0v) is 15.5. The minimum Gasteiger partial charge on any atom is -0.337 e. The Morgan fingerprint density at radius 2 is 2.00 bits per heavy atom. The molecule has 1 fully saturated rings. The number of nitrogens with zero attached hydrogens (tertiary/aromatic N) is 1. The second-order valence-electron chi connectivity index (χ2n) is 7.05. The van der Waals surface area contributed by atoms with Crippen molar-refractivity contribution < 1.29 is 27.2 Å². The molecule has 10 heteroatoms. The summed E-state index contributed by atoms with van der Waals surface area (Å²) in [5.74, 6) is -1.24. The van der Waals surface area contributed by atoms with E-state index in [2.05, 4.69) is 10.6 Å². The average Bonchev–Trinajstić information content (AvgIpc) is 2.84. The van der Waals surface area contributed by atoms with Crippen molar-refractivity contribution in [3.05, 3.63) is 34.6 Å². The molecule has 1 aromatic carbocycles. The van der Waals surface area contributed by atoms with Crippen molar-refractivity contribution in [3.63, 3.8) is 0 Å². The van der Waals surface area contributed by atoms with Crippen molar-refractivity contribution in [1.29, 1.82) is 0 Å². The Morgan fingerprint density at radius 3 is 2.59 bits per heavy atom. The second-order valence-corrected chi connectivity index (χ2v) is 7.46. The van der Waals surface area contributed by atoms with Gasteiger partial charge in [-0.25, -0.2) is 9.18 Å². The van der Waals surface area contributed by atoms with Crippen LogP contribution in [0, 0.1) is 5.82 Å². The van der Waals surface area contributed by atoms with Gasteiger partial charge in [0.2, 0.25) is 5.91 Å². The maximum Gasteiger partial charge on any atom is 0.406 e. The molecule has 1 atom stereocenters. The molecule has 1 aromatic rings. The number of carbonyl (C=O) groups excluding carboxylic acids is 2. The van der Waals surface area contributed by atoms with E-state index >= 15 is 0 Å². The Morgan fingerprint density at radius 1 is 1.33 bits per heavy atom. The number of urea groups is 1. The molecule has 0 aliphatic carbocycles. The van der Waals surface area contributed by atoms with Crippen molar-refractivity contribution >= 4 is 23.5 Å². The van der Waals surface area contributed by atoms with Crippen molar-refractivity contribution in [2.45, 2.75) is 37.9 Å². The van der Waals surface area contributed by atoms with E-state index in [1.54, 1.807) is 13.8 Å². The topological polar surface area (TPSA) is 61.4 Å². The van der Waals surface area contributed by atoms with Crippen LogP contribution in [0.1, 0.15) is 25.8 Å². The van der Waals surface area contributed by atoms with Crippen LogP contribution in [0.25, 0.3) is 0 Å². The Labute approximate surface area is 159 Å². The SMILES string of the molecule is CC(C)(CNC(=O)NC1CCN(CC(F)(F)F)C1=O)c1ccc(F)cc1Cl. The van der Waals surface area contributed by atoms with Crippen molar-refractivity contribution in [2.75, 3.05) is 19.6 Å². The third kappa shape index (κ3) is 5.72. The van der Waals surface area contributed by atoms with E-state index in [9.17, 15) is 27.2 Å². The first-order valence-corrected chi connectivity index (χ1v) is 8.62. The van der Waals surface area contributed by atoms with Crippen molar-refractivity contribution in [1.82, 2.24) is 15.5 Å². The number of likely N-dealkylation sites (tertiary alicyclic amines) is 1. The summed E-state index contributed by atoms with van der Waals surface area (Å²) in [7, 11) is 0. The molecular weight excluding hydrogens is 390 g/mol. The van der Waals surface area contributed by atoms with Crippen LogP contribution in [0.2, 0.25) is 5.02 Å². The standard InChI is InChI=1S/C17H20ClF4N3O2/c1-16(2,11-4-3-10(19)7-12(11)18)8-23-15(27)24-13-5-6-25(14(13)26)9-17(20,21)22/h3-4,7,13H,5-6,8-9H2,1-2H3,(H2,23,24,27). The highest BCUT2D eigenvalue weighted by molar-refractivity contribution is 6.31. The highest BCUT2D eigenvalue weighted by Crippen LogP contribution is 2.30. The van der Waals surface area contributed by atoms with Gasteiger partial charge in [0.05, 0.1) is 0 Å². The third-order valence-corrected chi connectivity index (χ3v) is 4.64. The largest absolute Gasteiger partial charge is 0.406 e. The fourth-order valence-corrected chi connectivity index (χ4v) is 3.31. The number of carbonyl (C=O) groups is 2. The molecule has 1 saturated heterocycles. The fraction of sp³-hybridized carbons (Fsp3) is 0.529. The minimum absolute atomic E-state index is 0.0695. The molecule has 0 radical (unpaired) electrons. The van der Waals surface area contributed by atoms with Crippen molar-refractivity contribution in [2.24, 2.45) is 0 Å². The lowest BCUT2D eigenvalue weighted by atomic mass is 9.84. The number of benzene rings is 1. The van der Waals surface area contributed by atoms with Crippen LogP contribution in [0.5, 0.6) is 0 Å². The predicted octanol–water partition coefficient (Wildman–Crippen LogP) is 3.22. The summed E-state index contributed by atoms with van der Waals surface area (Å²) in [6, 6.07) is 2.28. The smallest absolute Gasteiger partial charge is 0.337 e. The molecule has 1 heterocycles. The Hall–Kier alpha value is -2.03. The molecule has 150 valence electrons. The quantitative estimate of drug-likeness (QED) is 0.733. The number of amides is 3. The lowest BCUT2D eigenvalue weighted by molar-refractivity contribution is -0.157. The molecule has 1 aliphatic rings. The predicted molar refractivity (Wildman–Crippen MR) is 92.0 cm³/mol. The van der Waals surface area contributed by atoms with E-state index in [0.29, 0.717) is 10.5 Å². The normalized spacial score (nSPS) is 18.0. The number of hydrogen-bond acceptors (Lipinski definition) is 2. The monoisotopic (exact) mass is 409 g/mol. The number of halogens is 5. The summed E-state index contributed by atoms with van der Waals surface area (Å²) in [5.41, 5.74) is -0.0106. The van der Waals surface area contributed by atoms with Gasteiger partial charge in [-0.2, -0.15) is 13.2 Å². The third-order valence-electron chi connectivity index (χ3n) is 4.32. The van der Waals surface area contributed by atoms with Crippen LogP contribution in [0.3, 0.4) is 0 Å². The van der Waals surface area contributed by atoms with E-state index in [-0.39, 0.29) is 24.5 Å². The first-order valence-electron chi connectivity index (χ1n) is 8.24. The highest BCUT2D eigenvalue weighted by atomic mass is 35.5. The summed E-state index contributed by atoms with van der Waals surface area (Å²) in [4.78, 5) is 24.7. The lowest BCUT2D eigenvalue weighted by Gasteiger charge is -2.27. The summed E-state index contributed by atoms with van der Waals surface area (Å²) < 4.78 is 50.4. The van der Waals surface area contributed by atoms with E-state index < -0.39 is 41.9 Å². The van der Waals surface area contributed by atoms with Crippen LogP contribution >= 0.6 is 11.6 Å². The summed E-state index contributed by atoms with van der Waals surface area (Å²) in [6.07, 6.45) is -4.37. The van der Waals surface area contributed by atoms with Gasteiger partial charge in [0.15, 0.2) is 0 Å². The number of hydrogen-bond donors (Lipinski definition) is 2. The van der Waals surface area contributed by atoms with Crippen molar-refractivity contribution in [3.8, 4) is 0 Å². The van der Waals surface area contributed by atoms with Crippen LogP contribution in [0.15, 0.2) is 18.2 Å². The second kappa shape index (κ2) is 7.92. The maximum atomic E-state index is 13.2. The summed E-state index contributed by atoms with van der Waals surface area (Å²) in [5, 5.41) is 5.19. The molecule has 2 rings (SSSR count). The maximum absolute atomic E-state index is 13.2. The zero-order valence-electron chi connectivity index (χ0n) is 14.8. The number of rotatable bonds is 5. The van der Waals surface area contributed by atoms with Crippen LogP contribution in [0.4, 0.5) is 22.4 Å². The molecule has 3 amide bonds. The van der Waals surface area contributed by atoms with E-state index in [4.69, 9.17) is 11.6 Å². The highest BCUT2D eigenvalue weighted by Gasteiger charge is 2.39. The Bertz CT molecular complexity index is 725. The molecule has 5 nitrogen and oxygen atoms in total. The molecule has 27 heavy (non-hydrogen) atoms. The Balaban J connectivity index is 1.90. The first-order chi connectivity index (χ1) is 12.4. The van der Waals surface area contributed by atoms with Gasteiger partial charge in [0, 0.05) is 23.5 Å². The van der Waals surface area contributed by atoms with Crippen LogP contribution < -0.4 is 10.6 Å². The van der Waals surface area contributed by atoms with Crippen LogP contribution in [-0.4, -0.2) is 48.7 Å². The molecule has 0 aromatic heterocycles. The van der Waals surface area contributed by atoms with E-state index in [1.165, 1.54) is 18.2 Å². The first kappa shape index (κ1) is 21.3. The lowest BCUT2D eigenvalue weighted by Crippen LogP contribution is -2.49. The summed E-state index contributed by atoms with van der Waals surface area (Å²) in [6.45, 7) is 2.30. The molecule has 0 spiro atoms. The summed E-state index contributed by atoms with van der Waals surface area (Å²) >= 11 is 6.04. The van der Waals surface area contributed by atoms with Gasteiger partial charge in [-0.1, -0.05) is 31.5 Å². The van der Waals surface area contributed by atoms with Gasteiger partial charge in [0.25, 0.3) is 0 Å². The van der Waals surface area contributed by atoms with Gasteiger partial charge >= 0.3 is 12.2 Å². The van der Waals surface area contributed by atoms with Crippen LogP contribution in [-0.2, 0) is 10.2 Å². The number of nitrogens with one attached hydrogen (secondary N) is 2. The molecule has 0 saturated carbocycles. The molecule has 2 N–H and O–H groups in total. The van der Waals surface area contributed by atoms with E-state index in [1.807, 2.05) is 0 Å². The average molecular weight is 410 g/mol. The van der Waals surface area contributed by atoms with Gasteiger partial charge in [-0.05, 0) is 24.1 Å². The van der Waals surface area contributed by atoms with Gasteiger partial charge < -0.3 is 15.5 Å². The molecule has 1 aliphatic heterocycles. The Kier molecular flexibility index (Phi) is 6.24. The van der Waals surface area contributed by atoms with E-state index in [0.717, 1.165) is 0 Å². The zero-order chi connectivity index (χ0) is 20.4. The molecule has 1 unspecified atom stereocenters. The molecule has 0 bridgehead atoms. The minimum atomic E-state index is -4.48. The van der Waals surface area contributed by atoms with Gasteiger partial charge in [-0.15, -0.1) is 0 Å². The number of alkyl halides is 3. The fourth-order valence-electron chi connectivity index (χ4n) is 2.89. The van der Waals surface area contributed by atoms with Gasteiger partial charge in [-0.3, -0.25) is 4.79 Å². The molecular formula is C17H20ClF4N3O2.